The zero-order chi connectivity index (χ0) is 21.3. The molecule has 2 aromatic carbocycles. The Balaban J connectivity index is 1.55. The first-order chi connectivity index (χ1) is 14.4. The highest BCUT2D eigenvalue weighted by Gasteiger charge is 2.26. The van der Waals surface area contributed by atoms with Crippen LogP contribution in [0.25, 0.3) is 10.8 Å². The van der Waals surface area contributed by atoms with Gasteiger partial charge in [-0.1, -0.05) is 26.0 Å². The van der Waals surface area contributed by atoms with Crippen molar-refractivity contribution >= 4 is 45.3 Å². The van der Waals surface area contributed by atoms with E-state index in [0.717, 1.165) is 15.8 Å². The van der Waals surface area contributed by atoms with E-state index in [1.54, 1.807) is 12.3 Å². The monoisotopic (exact) mass is 515 g/mol. The van der Waals surface area contributed by atoms with Gasteiger partial charge in [0.1, 0.15) is 0 Å². The predicted octanol–water partition coefficient (Wildman–Crippen LogP) is 5.21. The van der Waals surface area contributed by atoms with Gasteiger partial charge in [-0.3, -0.25) is 19.7 Å². The number of hydrogen-bond donors (Lipinski definition) is 2. The van der Waals surface area contributed by atoms with Crippen LogP contribution in [0.15, 0.2) is 52.3 Å². The topological polar surface area (TPSA) is 68.7 Å². The Morgan fingerprint density at radius 3 is 2.73 bits per heavy atom. The zero-order valence-corrected chi connectivity index (χ0v) is 19.4. The molecule has 0 amide bonds. The van der Waals surface area contributed by atoms with Crippen LogP contribution in [0.2, 0.25) is 0 Å². The van der Waals surface area contributed by atoms with Crippen molar-refractivity contribution in [3.8, 4) is 5.88 Å². The Hall–Kier alpha value is -2.19. The van der Waals surface area contributed by atoms with E-state index in [1.165, 1.54) is 24.9 Å². The minimum absolute atomic E-state index is 0.163. The van der Waals surface area contributed by atoms with Crippen LogP contribution in [0.5, 0.6) is 5.88 Å². The fourth-order valence-corrected chi connectivity index (χ4v) is 4.79. The van der Waals surface area contributed by atoms with Crippen molar-refractivity contribution in [2.75, 3.05) is 6.54 Å². The molecule has 1 fully saturated rings. The summed E-state index contributed by atoms with van der Waals surface area (Å²) in [6.45, 7) is 6.74. The number of benzene rings is 2. The molecule has 1 aliphatic heterocycles. The summed E-state index contributed by atoms with van der Waals surface area (Å²) in [5.41, 5.74) is 2.31. The number of aliphatic imine (C=N–C) groups is 1. The van der Waals surface area contributed by atoms with Crippen LogP contribution in [-0.2, 0) is 6.54 Å². The Labute approximate surface area is 190 Å². The van der Waals surface area contributed by atoms with E-state index >= 15 is 0 Å². The van der Waals surface area contributed by atoms with Crippen molar-refractivity contribution < 1.29 is 5.11 Å². The molecule has 0 saturated carbocycles. The van der Waals surface area contributed by atoms with E-state index < -0.39 is 0 Å². The van der Waals surface area contributed by atoms with Crippen LogP contribution >= 0.6 is 22.6 Å². The molecule has 1 atom stereocenters. The van der Waals surface area contributed by atoms with Gasteiger partial charge in [0.15, 0.2) is 0 Å². The Morgan fingerprint density at radius 1 is 1.23 bits per heavy atom. The van der Waals surface area contributed by atoms with Crippen molar-refractivity contribution in [2.45, 2.75) is 39.3 Å². The molecule has 0 bridgehead atoms. The number of halogens is 1. The maximum absolute atomic E-state index is 12.1. The average molecular weight is 515 g/mol. The Kier molecular flexibility index (Phi) is 6.24. The molecule has 156 valence electrons. The fourth-order valence-electron chi connectivity index (χ4n) is 4.30. The molecule has 1 aromatic heterocycles. The first-order valence-corrected chi connectivity index (χ1v) is 11.4. The molecule has 0 spiro atoms. The van der Waals surface area contributed by atoms with Gasteiger partial charge >= 0.3 is 0 Å². The molecular weight excluding hydrogens is 489 g/mol. The normalized spacial score (nSPS) is 17.5. The minimum atomic E-state index is -0.304. The number of pyridine rings is 1. The Bertz CT molecular complexity index is 1140. The molecule has 1 saturated heterocycles. The molecule has 2 N–H and O–H groups in total. The van der Waals surface area contributed by atoms with E-state index in [0.29, 0.717) is 28.3 Å². The number of aromatic nitrogens is 1. The largest absolute Gasteiger partial charge is 0.494 e. The lowest BCUT2D eigenvalue weighted by Crippen LogP contribution is -2.32. The van der Waals surface area contributed by atoms with Gasteiger partial charge in [-0.05, 0) is 83.8 Å². The molecule has 1 unspecified atom stereocenters. The van der Waals surface area contributed by atoms with Gasteiger partial charge in [-0.2, -0.15) is 0 Å². The average Bonchev–Trinajstić information content (AvgIpc) is 3.17. The van der Waals surface area contributed by atoms with Crippen LogP contribution in [0.4, 0.5) is 5.69 Å². The van der Waals surface area contributed by atoms with Gasteiger partial charge in [-0.25, -0.2) is 0 Å². The molecule has 30 heavy (non-hydrogen) atoms. The summed E-state index contributed by atoms with van der Waals surface area (Å²) in [7, 11) is 0. The van der Waals surface area contributed by atoms with E-state index in [2.05, 4.69) is 63.4 Å². The van der Waals surface area contributed by atoms with Gasteiger partial charge in [0.05, 0.1) is 11.3 Å². The van der Waals surface area contributed by atoms with Crippen LogP contribution in [0, 0.1) is 9.49 Å². The van der Waals surface area contributed by atoms with Crippen LogP contribution < -0.4 is 5.56 Å². The zero-order valence-electron chi connectivity index (χ0n) is 17.2. The number of hydrogen-bond acceptors (Lipinski definition) is 4. The lowest BCUT2D eigenvalue weighted by atomic mass is 10.0. The first-order valence-electron chi connectivity index (χ1n) is 10.3. The van der Waals surface area contributed by atoms with E-state index in [4.69, 9.17) is 0 Å². The number of likely N-dealkylation sites (tertiary alicyclic amines) is 1. The second-order valence-corrected chi connectivity index (χ2v) is 9.50. The quantitative estimate of drug-likeness (QED) is 0.362. The summed E-state index contributed by atoms with van der Waals surface area (Å²) in [6.07, 6.45) is 4.18. The number of aromatic hydroxyl groups is 1. The highest BCUT2D eigenvalue weighted by Crippen LogP contribution is 2.27. The number of aromatic amines is 1. The third-order valence-corrected chi connectivity index (χ3v) is 6.52. The molecule has 2 heterocycles. The summed E-state index contributed by atoms with van der Waals surface area (Å²) < 4.78 is 0.991. The van der Waals surface area contributed by atoms with E-state index in [9.17, 15) is 9.90 Å². The third-order valence-electron chi connectivity index (χ3n) is 5.85. The molecular formula is C24H26IN3O2. The summed E-state index contributed by atoms with van der Waals surface area (Å²) >= 11 is 2.19. The second kappa shape index (κ2) is 8.89. The SMILES string of the molecule is CC(C)C1CCCN1Cc1ccc(N=Cc2c(O)[nH]c(=O)c3ccc(I)cc23)cc1. The van der Waals surface area contributed by atoms with Gasteiger partial charge in [0.2, 0.25) is 5.88 Å². The summed E-state index contributed by atoms with van der Waals surface area (Å²) in [5.74, 6) is 0.517. The summed E-state index contributed by atoms with van der Waals surface area (Å²) in [6, 6.07) is 14.4. The number of fused-ring (bicyclic) bond motifs is 1. The maximum Gasteiger partial charge on any atom is 0.258 e. The number of nitrogens with zero attached hydrogens (tertiary/aromatic N) is 2. The molecule has 1 aliphatic rings. The predicted molar refractivity (Wildman–Crippen MR) is 131 cm³/mol. The highest BCUT2D eigenvalue weighted by atomic mass is 127. The number of rotatable bonds is 5. The minimum Gasteiger partial charge on any atom is -0.494 e. The number of H-pyrrole nitrogens is 1. The molecule has 0 aliphatic carbocycles. The molecule has 6 heteroatoms. The highest BCUT2D eigenvalue weighted by molar-refractivity contribution is 14.1. The van der Waals surface area contributed by atoms with Crippen molar-refractivity contribution in [1.82, 2.24) is 9.88 Å². The molecule has 3 aromatic rings. The van der Waals surface area contributed by atoms with Crippen molar-refractivity contribution in [2.24, 2.45) is 10.9 Å². The third kappa shape index (κ3) is 4.44. The molecule has 5 nitrogen and oxygen atoms in total. The van der Waals surface area contributed by atoms with Gasteiger partial charge in [0.25, 0.3) is 5.56 Å². The summed E-state index contributed by atoms with van der Waals surface area (Å²) in [4.78, 5) is 21.7. The maximum atomic E-state index is 12.1. The van der Waals surface area contributed by atoms with Crippen molar-refractivity contribution in [3.63, 3.8) is 0 Å². The van der Waals surface area contributed by atoms with Crippen LogP contribution in [-0.4, -0.2) is 33.8 Å². The summed E-state index contributed by atoms with van der Waals surface area (Å²) in [5, 5.41) is 11.5. The smallest absolute Gasteiger partial charge is 0.258 e. The molecule has 0 radical (unpaired) electrons. The van der Waals surface area contributed by atoms with Gasteiger partial charge in [0, 0.05) is 33.1 Å². The van der Waals surface area contributed by atoms with E-state index in [1.807, 2.05) is 24.3 Å². The van der Waals surface area contributed by atoms with Crippen LogP contribution in [0.1, 0.15) is 37.8 Å². The number of nitrogens with one attached hydrogen (secondary N) is 1. The van der Waals surface area contributed by atoms with Crippen molar-refractivity contribution in [3.05, 3.63) is 67.5 Å². The van der Waals surface area contributed by atoms with Crippen LogP contribution in [0.3, 0.4) is 0 Å². The lowest BCUT2D eigenvalue weighted by molar-refractivity contribution is 0.199. The van der Waals surface area contributed by atoms with Gasteiger partial charge in [-0.15, -0.1) is 0 Å². The second-order valence-electron chi connectivity index (χ2n) is 8.26. The Morgan fingerprint density at radius 2 is 2.00 bits per heavy atom. The lowest BCUT2D eigenvalue weighted by Gasteiger charge is -2.27. The molecule has 4 rings (SSSR count). The van der Waals surface area contributed by atoms with Crippen molar-refractivity contribution in [1.29, 1.82) is 0 Å². The first kappa shape index (κ1) is 21.1. The standard InChI is InChI=1S/C24H26IN3O2/c1-15(2)22-4-3-11-28(22)14-16-5-8-18(9-6-16)26-13-21-20-12-17(25)7-10-19(20)23(29)27-24(21)30/h5-10,12-13,15,22H,3-4,11,14H2,1-2H3,(H2,27,29,30). The van der Waals surface area contributed by atoms with Gasteiger partial charge < -0.3 is 5.11 Å². The van der Waals surface area contributed by atoms with E-state index in [-0.39, 0.29) is 11.4 Å². The fraction of sp³-hybridized carbons (Fsp3) is 0.333.